The average Bonchev–Trinajstić information content (AvgIpc) is 2.79. The van der Waals surface area contributed by atoms with E-state index in [0.29, 0.717) is 6.61 Å². The molecule has 3 aromatic rings. The summed E-state index contributed by atoms with van der Waals surface area (Å²) in [4.78, 5) is 4.59. The Labute approximate surface area is 148 Å². The predicted molar refractivity (Wildman–Crippen MR) is 102 cm³/mol. The molecule has 0 radical (unpaired) electrons. The van der Waals surface area contributed by atoms with Crippen molar-refractivity contribution in [1.82, 2.24) is 4.98 Å². The molecular formula is C23H21NO. The number of rotatable bonds is 2. The van der Waals surface area contributed by atoms with E-state index in [2.05, 4.69) is 73.4 Å². The number of nitrogens with zero attached hydrogens (tertiary/aromatic N) is 1. The number of fused-ring (bicyclic) bond motifs is 1. The Kier molecular flexibility index (Phi) is 3.89. The van der Waals surface area contributed by atoms with E-state index in [1.807, 2.05) is 24.4 Å². The summed E-state index contributed by atoms with van der Waals surface area (Å²) in [5.41, 5.74) is 5.55. The second-order valence-corrected chi connectivity index (χ2v) is 7.13. The van der Waals surface area contributed by atoms with E-state index in [0.717, 1.165) is 22.6 Å². The highest BCUT2D eigenvalue weighted by atomic mass is 16.5. The quantitative estimate of drug-likeness (QED) is 0.611. The predicted octanol–water partition coefficient (Wildman–Crippen LogP) is 5.60. The van der Waals surface area contributed by atoms with Crippen molar-refractivity contribution in [3.8, 4) is 16.9 Å². The lowest BCUT2D eigenvalue weighted by Gasteiger charge is -2.18. The van der Waals surface area contributed by atoms with E-state index in [4.69, 9.17) is 4.74 Å². The molecule has 0 atom stereocenters. The highest BCUT2D eigenvalue weighted by molar-refractivity contribution is 5.84. The van der Waals surface area contributed by atoms with Crippen molar-refractivity contribution in [1.29, 1.82) is 0 Å². The van der Waals surface area contributed by atoms with Crippen LogP contribution in [0.3, 0.4) is 0 Å². The number of hydrogen-bond donors (Lipinski definition) is 0. The van der Waals surface area contributed by atoms with Crippen LogP contribution in [0.5, 0.6) is 5.75 Å². The summed E-state index contributed by atoms with van der Waals surface area (Å²) < 4.78 is 6.13. The van der Waals surface area contributed by atoms with Crippen molar-refractivity contribution in [3.63, 3.8) is 0 Å². The third kappa shape index (κ3) is 3.20. The van der Waals surface area contributed by atoms with Crippen molar-refractivity contribution >= 4 is 5.57 Å². The molecule has 0 unspecified atom stereocenters. The van der Waals surface area contributed by atoms with Crippen LogP contribution in [0.15, 0.2) is 79.0 Å². The SMILES string of the molecule is CC1(C)C=C(c2ccccn2)c2cc(-c3ccccc3)ccc2OC1. The summed E-state index contributed by atoms with van der Waals surface area (Å²) >= 11 is 0. The number of hydrogen-bond acceptors (Lipinski definition) is 2. The maximum Gasteiger partial charge on any atom is 0.127 e. The van der Waals surface area contributed by atoms with Gasteiger partial charge < -0.3 is 4.74 Å². The van der Waals surface area contributed by atoms with Gasteiger partial charge in [-0.3, -0.25) is 4.98 Å². The summed E-state index contributed by atoms with van der Waals surface area (Å²) in [5, 5.41) is 0. The number of pyridine rings is 1. The molecule has 0 spiro atoms. The van der Waals surface area contributed by atoms with Crippen LogP contribution in [-0.4, -0.2) is 11.6 Å². The molecule has 4 rings (SSSR count). The van der Waals surface area contributed by atoms with Crippen LogP contribution in [0.1, 0.15) is 25.1 Å². The van der Waals surface area contributed by atoms with E-state index in [9.17, 15) is 0 Å². The zero-order valence-electron chi connectivity index (χ0n) is 14.6. The maximum atomic E-state index is 6.13. The Morgan fingerprint density at radius 3 is 2.44 bits per heavy atom. The van der Waals surface area contributed by atoms with Crippen LogP contribution in [0.25, 0.3) is 16.7 Å². The third-order valence-electron chi connectivity index (χ3n) is 4.45. The van der Waals surface area contributed by atoms with Gasteiger partial charge >= 0.3 is 0 Å². The first-order chi connectivity index (χ1) is 12.1. The molecule has 2 heteroatoms. The first kappa shape index (κ1) is 15.6. The standard InChI is InChI=1S/C23H21NO/c1-23(2)15-20(21-10-6-7-13-24-21)19-14-18(11-12-22(19)25-16-23)17-8-4-3-5-9-17/h3-15H,16H2,1-2H3. The van der Waals surface area contributed by atoms with Crippen molar-refractivity contribution < 1.29 is 4.74 Å². The Bertz CT molecular complexity index is 911. The molecule has 0 N–H and O–H groups in total. The largest absolute Gasteiger partial charge is 0.492 e. The zero-order valence-corrected chi connectivity index (χ0v) is 14.6. The van der Waals surface area contributed by atoms with E-state index < -0.39 is 0 Å². The molecule has 25 heavy (non-hydrogen) atoms. The smallest absolute Gasteiger partial charge is 0.127 e. The molecule has 1 aliphatic rings. The lowest BCUT2D eigenvalue weighted by atomic mass is 9.88. The first-order valence-electron chi connectivity index (χ1n) is 8.59. The second-order valence-electron chi connectivity index (χ2n) is 7.13. The monoisotopic (exact) mass is 327 g/mol. The topological polar surface area (TPSA) is 22.1 Å². The van der Waals surface area contributed by atoms with Gasteiger partial charge in [0.25, 0.3) is 0 Å². The number of ether oxygens (including phenoxy) is 1. The normalized spacial score (nSPS) is 15.5. The summed E-state index contributed by atoms with van der Waals surface area (Å²) in [5.74, 6) is 0.919. The Hall–Kier alpha value is -2.87. The average molecular weight is 327 g/mol. The molecule has 0 bridgehead atoms. The van der Waals surface area contributed by atoms with Crippen LogP contribution >= 0.6 is 0 Å². The molecule has 1 aromatic heterocycles. The fourth-order valence-corrected chi connectivity index (χ4v) is 3.18. The van der Waals surface area contributed by atoms with Gasteiger partial charge in [-0.2, -0.15) is 0 Å². The molecule has 2 heterocycles. The summed E-state index contributed by atoms with van der Waals surface area (Å²) in [6.07, 6.45) is 4.13. The lowest BCUT2D eigenvalue weighted by Crippen LogP contribution is -2.17. The van der Waals surface area contributed by atoms with Crippen LogP contribution in [-0.2, 0) is 0 Å². The molecule has 1 aliphatic heterocycles. The van der Waals surface area contributed by atoms with Gasteiger partial charge in [-0.05, 0) is 35.4 Å². The molecule has 2 aromatic carbocycles. The number of aromatic nitrogens is 1. The zero-order chi connectivity index (χ0) is 17.3. The fraction of sp³-hybridized carbons (Fsp3) is 0.174. The molecule has 0 saturated heterocycles. The van der Waals surface area contributed by atoms with Crippen LogP contribution < -0.4 is 4.74 Å². The van der Waals surface area contributed by atoms with Crippen LogP contribution in [0.2, 0.25) is 0 Å². The molecular weight excluding hydrogens is 306 g/mol. The molecule has 0 fully saturated rings. The van der Waals surface area contributed by atoms with E-state index in [-0.39, 0.29) is 5.41 Å². The van der Waals surface area contributed by atoms with Gasteiger partial charge in [0.1, 0.15) is 5.75 Å². The highest BCUT2D eigenvalue weighted by Crippen LogP contribution is 2.39. The van der Waals surface area contributed by atoms with Crippen LogP contribution in [0, 0.1) is 5.41 Å². The molecule has 0 saturated carbocycles. The molecule has 0 amide bonds. The van der Waals surface area contributed by atoms with E-state index in [1.54, 1.807) is 0 Å². The first-order valence-corrected chi connectivity index (χ1v) is 8.59. The molecule has 2 nitrogen and oxygen atoms in total. The van der Waals surface area contributed by atoms with Gasteiger partial charge in [0.05, 0.1) is 12.3 Å². The molecule has 124 valence electrons. The highest BCUT2D eigenvalue weighted by Gasteiger charge is 2.25. The van der Waals surface area contributed by atoms with Crippen molar-refractivity contribution in [3.05, 3.63) is 90.3 Å². The lowest BCUT2D eigenvalue weighted by molar-refractivity contribution is 0.225. The van der Waals surface area contributed by atoms with E-state index >= 15 is 0 Å². The minimum atomic E-state index is -0.0568. The fourth-order valence-electron chi connectivity index (χ4n) is 3.18. The van der Waals surface area contributed by atoms with E-state index in [1.165, 1.54) is 11.1 Å². The molecule has 0 aliphatic carbocycles. The summed E-state index contributed by atoms with van der Waals surface area (Å²) in [6.45, 7) is 5.04. The summed E-state index contributed by atoms with van der Waals surface area (Å²) in [7, 11) is 0. The maximum absolute atomic E-state index is 6.13. The van der Waals surface area contributed by atoms with Gasteiger partial charge in [-0.25, -0.2) is 0 Å². The minimum absolute atomic E-state index is 0.0568. The Morgan fingerprint density at radius 1 is 0.880 bits per heavy atom. The summed E-state index contributed by atoms with van der Waals surface area (Å²) in [6, 6.07) is 22.9. The van der Waals surface area contributed by atoms with Gasteiger partial charge in [0, 0.05) is 22.7 Å². The van der Waals surface area contributed by atoms with Crippen molar-refractivity contribution in [2.45, 2.75) is 13.8 Å². The van der Waals surface area contributed by atoms with Crippen molar-refractivity contribution in [2.75, 3.05) is 6.61 Å². The Balaban J connectivity index is 1.91. The number of benzene rings is 2. The van der Waals surface area contributed by atoms with Gasteiger partial charge in [-0.15, -0.1) is 0 Å². The van der Waals surface area contributed by atoms with Gasteiger partial charge in [0.15, 0.2) is 0 Å². The second kappa shape index (κ2) is 6.21. The third-order valence-corrected chi connectivity index (χ3v) is 4.45. The Morgan fingerprint density at radius 2 is 1.68 bits per heavy atom. The van der Waals surface area contributed by atoms with Crippen LogP contribution in [0.4, 0.5) is 0 Å². The van der Waals surface area contributed by atoms with Gasteiger partial charge in [-0.1, -0.05) is 62.4 Å². The van der Waals surface area contributed by atoms with Gasteiger partial charge in [0.2, 0.25) is 0 Å². The van der Waals surface area contributed by atoms with Crippen molar-refractivity contribution in [2.24, 2.45) is 5.41 Å². The minimum Gasteiger partial charge on any atom is -0.492 e.